The van der Waals surface area contributed by atoms with Gasteiger partial charge in [0.1, 0.15) is 6.04 Å². The summed E-state index contributed by atoms with van der Waals surface area (Å²) in [6, 6.07) is 16.1. The van der Waals surface area contributed by atoms with E-state index >= 15 is 0 Å². The number of hydrogen-bond donors (Lipinski definition) is 2. The molecule has 0 spiro atoms. The van der Waals surface area contributed by atoms with E-state index in [1.165, 1.54) is 11.1 Å². The van der Waals surface area contributed by atoms with Crippen LogP contribution in [0.1, 0.15) is 56.2 Å². The van der Waals surface area contributed by atoms with Crippen molar-refractivity contribution in [3.05, 3.63) is 71.4 Å². The summed E-state index contributed by atoms with van der Waals surface area (Å²) in [6.45, 7) is 6.29. The number of aromatic amines is 1. The Labute approximate surface area is 196 Å². The van der Waals surface area contributed by atoms with Crippen molar-refractivity contribution < 1.29 is 9.59 Å². The van der Waals surface area contributed by atoms with Gasteiger partial charge in [0.25, 0.3) is 0 Å². The zero-order valence-electron chi connectivity index (χ0n) is 20.2. The Morgan fingerprint density at radius 2 is 1.85 bits per heavy atom. The zero-order chi connectivity index (χ0) is 23.6. The second-order valence-electron chi connectivity index (χ2n) is 10.3. The highest BCUT2D eigenvalue weighted by Gasteiger charge is 2.30. The summed E-state index contributed by atoms with van der Waals surface area (Å²) in [4.78, 5) is 31.4. The number of H-pyrrole nitrogens is 1. The summed E-state index contributed by atoms with van der Waals surface area (Å²) in [5.41, 5.74) is 4.37. The molecular weight excluding hydrogens is 410 g/mol. The monoisotopic (exact) mass is 445 g/mol. The number of carbonyl (C=O) groups is 2. The van der Waals surface area contributed by atoms with Crippen LogP contribution >= 0.6 is 0 Å². The lowest BCUT2D eigenvalue weighted by Gasteiger charge is -2.28. The first-order valence-corrected chi connectivity index (χ1v) is 11.9. The van der Waals surface area contributed by atoms with Crippen LogP contribution in [0.25, 0.3) is 10.9 Å². The van der Waals surface area contributed by atoms with Crippen LogP contribution in [0.15, 0.2) is 54.7 Å². The summed E-state index contributed by atoms with van der Waals surface area (Å²) in [5, 5.41) is 4.13. The molecule has 0 bridgehead atoms. The van der Waals surface area contributed by atoms with Crippen LogP contribution < -0.4 is 5.32 Å². The summed E-state index contributed by atoms with van der Waals surface area (Å²) in [5.74, 6) is 0.343. The van der Waals surface area contributed by atoms with Gasteiger partial charge in [0.15, 0.2) is 0 Å². The van der Waals surface area contributed by atoms with Crippen molar-refractivity contribution in [2.24, 2.45) is 5.41 Å². The molecule has 1 heterocycles. The van der Waals surface area contributed by atoms with E-state index in [1.54, 1.807) is 4.90 Å². The Morgan fingerprint density at radius 1 is 1.12 bits per heavy atom. The fraction of sp³-hybridized carbons (Fsp3) is 0.429. The predicted octanol–water partition coefficient (Wildman–Crippen LogP) is 4.82. The van der Waals surface area contributed by atoms with Crippen molar-refractivity contribution in [1.29, 1.82) is 0 Å². The minimum atomic E-state index is -0.600. The minimum absolute atomic E-state index is 0.0378. The van der Waals surface area contributed by atoms with Crippen LogP contribution in [-0.2, 0) is 22.4 Å². The zero-order valence-corrected chi connectivity index (χ0v) is 20.2. The number of carbonyl (C=O) groups excluding carboxylic acids is 2. The molecule has 5 heteroatoms. The number of rotatable bonds is 7. The van der Waals surface area contributed by atoms with Crippen molar-refractivity contribution in [3.8, 4) is 0 Å². The van der Waals surface area contributed by atoms with Crippen LogP contribution in [0.5, 0.6) is 0 Å². The maximum absolute atomic E-state index is 13.5. The van der Waals surface area contributed by atoms with Gasteiger partial charge in [-0.15, -0.1) is 0 Å². The van der Waals surface area contributed by atoms with Crippen LogP contribution in [0, 0.1) is 5.41 Å². The number of fused-ring (bicyclic) bond motifs is 2. The molecule has 0 radical (unpaired) electrons. The van der Waals surface area contributed by atoms with Gasteiger partial charge in [-0.25, -0.2) is 0 Å². The Bertz CT molecular complexity index is 1140. The fourth-order valence-electron chi connectivity index (χ4n) is 4.77. The smallest absolute Gasteiger partial charge is 0.245 e. The van der Waals surface area contributed by atoms with E-state index in [1.807, 2.05) is 52.2 Å². The summed E-state index contributed by atoms with van der Waals surface area (Å²) in [6.07, 6.45) is 5.60. The number of likely N-dealkylation sites (N-methyl/N-ethyl adjacent to an activating group) is 1. The molecule has 33 heavy (non-hydrogen) atoms. The molecule has 2 amide bonds. The van der Waals surface area contributed by atoms with Crippen molar-refractivity contribution in [2.45, 2.75) is 58.4 Å². The maximum atomic E-state index is 13.5. The third-order valence-electron chi connectivity index (χ3n) is 6.83. The molecule has 3 aromatic rings. The van der Waals surface area contributed by atoms with Gasteiger partial charge in [-0.3, -0.25) is 9.59 Å². The molecule has 1 aromatic heterocycles. The maximum Gasteiger partial charge on any atom is 0.245 e. The first-order valence-electron chi connectivity index (χ1n) is 11.9. The molecule has 4 rings (SSSR count). The van der Waals surface area contributed by atoms with Gasteiger partial charge in [-0.05, 0) is 47.9 Å². The van der Waals surface area contributed by atoms with E-state index in [2.05, 4.69) is 40.6 Å². The topological polar surface area (TPSA) is 65.2 Å². The van der Waals surface area contributed by atoms with Gasteiger partial charge in [0.05, 0.1) is 0 Å². The molecular formula is C28H35N3O2. The van der Waals surface area contributed by atoms with E-state index in [9.17, 15) is 9.59 Å². The highest BCUT2D eigenvalue weighted by atomic mass is 16.2. The number of para-hydroxylation sites is 1. The average Bonchev–Trinajstić information content (AvgIpc) is 3.40. The molecule has 1 aliphatic carbocycles. The number of aryl methyl sites for hydroxylation is 1. The molecule has 0 saturated heterocycles. The Balaban J connectivity index is 1.48. The van der Waals surface area contributed by atoms with Gasteiger partial charge in [0.2, 0.25) is 11.8 Å². The summed E-state index contributed by atoms with van der Waals surface area (Å²) >= 11 is 0. The van der Waals surface area contributed by atoms with Crippen LogP contribution in [0.2, 0.25) is 0 Å². The lowest BCUT2D eigenvalue weighted by atomic mass is 9.94. The fourth-order valence-corrected chi connectivity index (χ4v) is 4.77. The molecule has 1 aliphatic rings. The van der Waals surface area contributed by atoms with Gasteiger partial charge in [-0.2, -0.15) is 0 Å². The molecule has 0 aliphatic heterocycles. The Hall–Kier alpha value is -3.08. The van der Waals surface area contributed by atoms with E-state index in [-0.39, 0.29) is 11.8 Å². The first kappa shape index (κ1) is 23.1. The van der Waals surface area contributed by atoms with Crippen molar-refractivity contribution >= 4 is 22.7 Å². The summed E-state index contributed by atoms with van der Waals surface area (Å²) in [7, 11) is 1.86. The normalized spacial score (nSPS) is 16.4. The number of amides is 2. The van der Waals surface area contributed by atoms with Crippen LogP contribution in [-0.4, -0.2) is 41.3 Å². The van der Waals surface area contributed by atoms with E-state index < -0.39 is 11.5 Å². The van der Waals surface area contributed by atoms with E-state index in [0.29, 0.717) is 18.9 Å². The largest absolute Gasteiger partial charge is 0.361 e. The number of aromatic nitrogens is 1. The number of benzene rings is 2. The summed E-state index contributed by atoms with van der Waals surface area (Å²) < 4.78 is 0. The third kappa shape index (κ3) is 5.13. The highest BCUT2D eigenvalue weighted by Crippen LogP contribution is 2.35. The number of hydrogen-bond acceptors (Lipinski definition) is 2. The standard InChI is InChI=1S/C28H35N3O2/c1-28(2,3)27(33)30-25(17-21-18-29-24-12-8-7-11-23(21)24)26(32)31(4)16-15-20-14-13-19-9-5-6-10-22(19)20/h5-12,18,20,25,29H,13-17H2,1-4H3,(H,30,33). The molecule has 2 atom stereocenters. The van der Waals surface area contributed by atoms with Crippen molar-refractivity contribution in [2.75, 3.05) is 13.6 Å². The molecule has 174 valence electrons. The molecule has 2 aromatic carbocycles. The first-order chi connectivity index (χ1) is 15.7. The van der Waals surface area contributed by atoms with Crippen molar-refractivity contribution in [3.63, 3.8) is 0 Å². The Kier molecular flexibility index (Phi) is 6.59. The molecule has 2 N–H and O–H groups in total. The second-order valence-corrected chi connectivity index (χ2v) is 10.3. The lowest BCUT2D eigenvalue weighted by Crippen LogP contribution is -2.51. The van der Waals surface area contributed by atoms with E-state index in [4.69, 9.17) is 0 Å². The van der Waals surface area contributed by atoms with Gasteiger partial charge < -0.3 is 15.2 Å². The second kappa shape index (κ2) is 9.42. The quantitative estimate of drug-likeness (QED) is 0.548. The van der Waals surface area contributed by atoms with Crippen LogP contribution in [0.3, 0.4) is 0 Å². The molecule has 2 unspecified atom stereocenters. The number of nitrogens with zero attached hydrogens (tertiary/aromatic N) is 1. The van der Waals surface area contributed by atoms with Gasteiger partial charge >= 0.3 is 0 Å². The average molecular weight is 446 g/mol. The minimum Gasteiger partial charge on any atom is -0.361 e. The third-order valence-corrected chi connectivity index (χ3v) is 6.83. The van der Waals surface area contributed by atoms with Crippen LogP contribution in [0.4, 0.5) is 0 Å². The molecule has 0 saturated carbocycles. The highest BCUT2D eigenvalue weighted by molar-refractivity contribution is 5.91. The van der Waals surface area contributed by atoms with Gasteiger partial charge in [-0.1, -0.05) is 63.2 Å². The lowest BCUT2D eigenvalue weighted by molar-refractivity contribution is -0.137. The van der Waals surface area contributed by atoms with E-state index in [0.717, 1.165) is 35.7 Å². The molecule has 0 fully saturated rings. The van der Waals surface area contributed by atoms with Crippen molar-refractivity contribution in [1.82, 2.24) is 15.2 Å². The Morgan fingerprint density at radius 3 is 2.64 bits per heavy atom. The molecule has 5 nitrogen and oxygen atoms in total. The SMILES string of the molecule is CN(CCC1CCc2ccccc21)C(=O)C(Cc1c[nH]c2ccccc12)NC(=O)C(C)(C)C. The number of nitrogens with one attached hydrogen (secondary N) is 2. The predicted molar refractivity (Wildman–Crippen MR) is 133 cm³/mol. The van der Waals surface area contributed by atoms with Gasteiger partial charge in [0, 0.05) is 42.5 Å².